The van der Waals surface area contributed by atoms with Gasteiger partial charge in [0, 0.05) is 11.4 Å². The first-order valence-electron chi connectivity index (χ1n) is 6.61. The van der Waals surface area contributed by atoms with Gasteiger partial charge in [-0.05, 0) is 36.8 Å². The Kier molecular flexibility index (Phi) is 5.46. The van der Waals surface area contributed by atoms with E-state index in [1.807, 2.05) is 30.3 Å². The van der Waals surface area contributed by atoms with Crippen LogP contribution in [0.1, 0.15) is 12.8 Å². The van der Waals surface area contributed by atoms with Gasteiger partial charge in [-0.2, -0.15) is 0 Å². The van der Waals surface area contributed by atoms with E-state index in [9.17, 15) is 9.90 Å². The molecule has 0 aromatic heterocycles. The molecule has 4 nitrogen and oxygen atoms in total. The van der Waals surface area contributed by atoms with E-state index < -0.39 is 0 Å². The summed E-state index contributed by atoms with van der Waals surface area (Å²) in [6.07, 6.45) is 0.890. The summed E-state index contributed by atoms with van der Waals surface area (Å²) in [5, 5.41) is 12.7. The van der Waals surface area contributed by atoms with E-state index >= 15 is 0 Å². The smallest absolute Gasteiger partial charge is 0.224 e. The van der Waals surface area contributed by atoms with E-state index in [0.717, 1.165) is 5.75 Å². The fourth-order valence-corrected chi connectivity index (χ4v) is 1.93. The summed E-state index contributed by atoms with van der Waals surface area (Å²) >= 11 is 5.81. The molecule has 0 atom stereocenters. The number of amides is 1. The maximum Gasteiger partial charge on any atom is 0.224 e. The fourth-order valence-electron chi connectivity index (χ4n) is 1.76. The van der Waals surface area contributed by atoms with Crippen molar-refractivity contribution in [2.24, 2.45) is 0 Å². The first-order valence-corrected chi connectivity index (χ1v) is 6.99. The van der Waals surface area contributed by atoms with E-state index in [2.05, 4.69) is 5.32 Å². The number of hydrogen-bond donors (Lipinski definition) is 2. The number of carbonyl (C=O) groups is 1. The number of phenols is 1. The number of carbonyl (C=O) groups excluding carboxylic acids is 1. The second-order valence-electron chi connectivity index (χ2n) is 4.47. The predicted octanol–water partition coefficient (Wildman–Crippen LogP) is 3.84. The highest BCUT2D eigenvalue weighted by molar-refractivity contribution is 6.31. The maximum absolute atomic E-state index is 11.8. The maximum atomic E-state index is 11.8. The molecule has 0 aliphatic carbocycles. The molecule has 0 saturated heterocycles. The normalized spacial score (nSPS) is 10.1. The number of halogens is 1. The van der Waals surface area contributed by atoms with Crippen LogP contribution in [0.5, 0.6) is 11.5 Å². The number of anilines is 1. The molecular formula is C16H16ClNO3. The molecule has 2 aromatic carbocycles. The Morgan fingerprint density at radius 1 is 1.19 bits per heavy atom. The third-order valence-electron chi connectivity index (χ3n) is 2.79. The van der Waals surface area contributed by atoms with Crippen LogP contribution >= 0.6 is 11.6 Å². The van der Waals surface area contributed by atoms with Crippen molar-refractivity contribution < 1.29 is 14.6 Å². The highest BCUT2D eigenvalue weighted by atomic mass is 35.5. The Balaban J connectivity index is 1.74. The lowest BCUT2D eigenvalue weighted by Gasteiger charge is -2.08. The van der Waals surface area contributed by atoms with Gasteiger partial charge in [0.05, 0.1) is 12.3 Å². The van der Waals surface area contributed by atoms with Gasteiger partial charge in [-0.1, -0.05) is 29.8 Å². The Bertz CT molecular complexity index is 602. The van der Waals surface area contributed by atoms with Crippen molar-refractivity contribution in [2.75, 3.05) is 11.9 Å². The molecular weight excluding hydrogens is 290 g/mol. The largest absolute Gasteiger partial charge is 0.506 e. The van der Waals surface area contributed by atoms with Crippen molar-refractivity contribution >= 4 is 23.2 Å². The minimum absolute atomic E-state index is 0.00622. The van der Waals surface area contributed by atoms with Gasteiger partial charge in [0.15, 0.2) is 0 Å². The van der Waals surface area contributed by atoms with Crippen molar-refractivity contribution in [2.45, 2.75) is 12.8 Å². The molecule has 2 rings (SSSR count). The Hall–Kier alpha value is -2.20. The van der Waals surface area contributed by atoms with Crippen LogP contribution in [-0.4, -0.2) is 17.6 Å². The number of phenolic OH excluding ortho intramolecular Hbond substituents is 1. The van der Waals surface area contributed by atoms with Gasteiger partial charge in [-0.25, -0.2) is 0 Å². The Labute approximate surface area is 128 Å². The second-order valence-corrected chi connectivity index (χ2v) is 4.91. The average Bonchev–Trinajstić information content (AvgIpc) is 2.48. The van der Waals surface area contributed by atoms with E-state index in [-0.39, 0.29) is 11.7 Å². The molecule has 0 aliphatic rings. The zero-order valence-electron chi connectivity index (χ0n) is 11.4. The van der Waals surface area contributed by atoms with Crippen LogP contribution in [0, 0.1) is 0 Å². The van der Waals surface area contributed by atoms with E-state index in [1.54, 1.807) is 6.07 Å². The highest BCUT2D eigenvalue weighted by Crippen LogP contribution is 2.26. The molecule has 21 heavy (non-hydrogen) atoms. The number of para-hydroxylation sites is 1. The molecule has 0 spiro atoms. The van der Waals surface area contributed by atoms with Crippen molar-refractivity contribution in [3.63, 3.8) is 0 Å². The lowest BCUT2D eigenvalue weighted by atomic mass is 10.2. The topological polar surface area (TPSA) is 58.6 Å². The number of nitrogens with one attached hydrogen (secondary N) is 1. The van der Waals surface area contributed by atoms with Crippen LogP contribution in [0.3, 0.4) is 0 Å². The minimum atomic E-state index is -0.191. The van der Waals surface area contributed by atoms with E-state index in [0.29, 0.717) is 30.2 Å². The summed E-state index contributed by atoms with van der Waals surface area (Å²) in [5.41, 5.74) is 0.316. The second kappa shape index (κ2) is 7.55. The monoisotopic (exact) mass is 305 g/mol. The number of aromatic hydroxyl groups is 1. The standard InChI is InChI=1S/C16H16ClNO3/c17-12-8-9-15(19)14(11-12)18-16(20)7-4-10-21-13-5-2-1-3-6-13/h1-3,5-6,8-9,11,19H,4,7,10H2,(H,18,20). The summed E-state index contributed by atoms with van der Waals surface area (Å²) in [5.74, 6) is 0.586. The zero-order valence-corrected chi connectivity index (χ0v) is 12.1. The van der Waals surface area contributed by atoms with Crippen molar-refractivity contribution in [3.8, 4) is 11.5 Å². The molecule has 2 N–H and O–H groups in total. The van der Waals surface area contributed by atoms with Gasteiger partial charge < -0.3 is 15.2 Å². The Morgan fingerprint density at radius 2 is 1.95 bits per heavy atom. The molecule has 0 bridgehead atoms. The van der Waals surface area contributed by atoms with Crippen LogP contribution in [0.25, 0.3) is 0 Å². The van der Waals surface area contributed by atoms with Crippen LogP contribution < -0.4 is 10.1 Å². The van der Waals surface area contributed by atoms with Crippen LogP contribution in [0.15, 0.2) is 48.5 Å². The lowest BCUT2D eigenvalue weighted by Crippen LogP contribution is -2.13. The quantitative estimate of drug-likeness (QED) is 0.629. The molecule has 2 aromatic rings. The molecule has 5 heteroatoms. The van der Waals surface area contributed by atoms with Gasteiger partial charge in [0.1, 0.15) is 11.5 Å². The van der Waals surface area contributed by atoms with E-state index in [1.165, 1.54) is 12.1 Å². The minimum Gasteiger partial charge on any atom is -0.506 e. The summed E-state index contributed by atoms with van der Waals surface area (Å²) in [4.78, 5) is 11.8. The summed E-state index contributed by atoms with van der Waals surface area (Å²) in [6, 6.07) is 13.9. The summed E-state index contributed by atoms with van der Waals surface area (Å²) in [6.45, 7) is 0.457. The highest BCUT2D eigenvalue weighted by Gasteiger charge is 2.07. The van der Waals surface area contributed by atoms with Crippen LogP contribution in [0.4, 0.5) is 5.69 Å². The molecule has 110 valence electrons. The SMILES string of the molecule is O=C(CCCOc1ccccc1)Nc1cc(Cl)ccc1O. The van der Waals surface area contributed by atoms with Gasteiger partial charge in [0.2, 0.25) is 5.91 Å². The van der Waals surface area contributed by atoms with Crippen molar-refractivity contribution in [1.29, 1.82) is 0 Å². The van der Waals surface area contributed by atoms with Crippen LogP contribution in [0.2, 0.25) is 5.02 Å². The van der Waals surface area contributed by atoms with Crippen LogP contribution in [-0.2, 0) is 4.79 Å². The summed E-state index contributed by atoms with van der Waals surface area (Å²) in [7, 11) is 0. The Morgan fingerprint density at radius 3 is 2.71 bits per heavy atom. The molecule has 0 radical (unpaired) electrons. The molecule has 1 amide bonds. The molecule has 0 fully saturated rings. The molecule has 0 saturated carbocycles. The number of hydrogen-bond acceptors (Lipinski definition) is 3. The zero-order chi connectivity index (χ0) is 15.1. The molecule has 0 heterocycles. The predicted molar refractivity (Wildman–Crippen MR) is 82.9 cm³/mol. The van der Waals surface area contributed by atoms with E-state index in [4.69, 9.17) is 16.3 Å². The number of rotatable bonds is 6. The lowest BCUT2D eigenvalue weighted by molar-refractivity contribution is -0.116. The third kappa shape index (κ3) is 5.00. The van der Waals surface area contributed by atoms with Crippen molar-refractivity contribution in [1.82, 2.24) is 0 Å². The number of benzene rings is 2. The van der Waals surface area contributed by atoms with Gasteiger partial charge in [0.25, 0.3) is 0 Å². The molecule has 0 unspecified atom stereocenters. The first-order chi connectivity index (χ1) is 10.1. The van der Waals surface area contributed by atoms with Gasteiger partial charge in [-0.15, -0.1) is 0 Å². The average molecular weight is 306 g/mol. The van der Waals surface area contributed by atoms with Crippen molar-refractivity contribution in [3.05, 3.63) is 53.6 Å². The summed E-state index contributed by atoms with van der Waals surface area (Å²) < 4.78 is 5.50. The van der Waals surface area contributed by atoms with Gasteiger partial charge >= 0.3 is 0 Å². The van der Waals surface area contributed by atoms with Gasteiger partial charge in [-0.3, -0.25) is 4.79 Å². The number of ether oxygens (including phenoxy) is 1. The first kappa shape index (κ1) is 15.2. The molecule has 0 aliphatic heterocycles. The third-order valence-corrected chi connectivity index (χ3v) is 3.03. The fraction of sp³-hybridized carbons (Fsp3) is 0.188.